The maximum atomic E-state index is 14.0. The molecular weight excluding hydrogens is 484 g/mol. The maximum Gasteiger partial charge on any atom is 0.309 e. The van der Waals surface area contributed by atoms with Crippen molar-refractivity contribution in [1.82, 2.24) is 9.80 Å². The van der Waals surface area contributed by atoms with Crippen LogP contribution in [0.5, 0.6) is 17.2 Å². The van der Waals surface area contributed by atoms with E-state index in [1.54, 1.807) is 7.11 Å². The number of methoxy groups -OCH3 is 1. The lowest BCUT2D eigenvalue weighted by atomic mass is 9.82. The number of ether oxygens (including phenoxy) is 3. The Hall–Kier alpha value is -3.26. The average molecular weight is 525 g/mol. The first kappa shape index (κ1) is 27.8. The van der Waals surface area contributed by atoms with Gasteiger partial charge in [-0.05, 0) is 54.7 Å². The number of hydrogen-bond acceptors (Lipinski definition) is 6. The number of carboxylic acid groups (broad SMARTS) is 1. The molecule has 3 unspecified atom stereocenters. The van der Waals surface area contributed by atoms with Crippen LogP contribution in [0.25, 0.3) is 0 Å². The standard InChI is InChI=1S/C30H40N2O6/c1-5-8-24(29(33)31(15-6-2)16-7-3)32-18-23(21-11-14-25-26(17-21)38-19-37-25)27(30(34)35)28(32)20-9-12-22(36-4)13-10-20/h9-14,17,23-24,27-28H,5-8,15-16,18-19H2,1-4H3,(H,34,35)/t23?,24-,27?,28?/m0/s1. The van der Waals surface area contributed by atoms with Crippen LogP contribution in [0.2, 0.25) is 0 Å². The number of hydrogen-bond donors (Lipinski definition) is 1. The monoisotopic (exact) mass is 524 g/mol. The number of carboxylic acids is 1. The summed E-state index contributed by atoms with van der Waals surface area (Å²) in [6.07, 6.45) is 3.24. The van der Waals surface area contributed by atoms with Crippen LogP contribution in [0.1, 0.15) is 69.5 Å². The fourth-order valence-corrected chi connectivity index (χ4v) is 5.95. The highest BCUT2D eigenvalue weighted by atomic mass is 16.7. The van der Waals surface area contributed by atoms with Gasteiger partial charge in [0.1, 0.15) is 5.75 Å². The van der Waals surface area contributed by atoms with Crippen molar-refractivity contribution in [3.8, 4) is 17.2 Å². The van der Waals surface area contributed by atoms with Crippen LogP contribution in [0, 0.1) is 5.92 Å². The molecule has 2 heterocycles. The van der Waals surface area contributed by atoms with Crippen molar-refractivity contribution in [3.05, 3.63) is 53.6 Å². The highest BCUT2D eigenvalue weighted by Crippen LogP contribution is 2.49. The van der Waals surface area contributed by atoms with Gasteiger partial charge in [-0.1, -0.05) is 45.4 Å². The van der Waals surface area contributed by atoms with Crippen LogP contribution in [-0.4, -0.2) is 66.4 Å². The lowest BCUT2D eigenvalue weighted by Crippen LogP contribution is -2.49. The largest absolute Gasteiger partial charge is 0.497 e. The zero-order chi connectivity index (χ0) is 27.2. The van der Waals surface area contributed by atoms with Crippen molar-refractivity contribution >= 4 is 11.9 Å². The summed E-state index contributed by atoms with van der Waals surface area (Å²) in [4.78, 5) is 31.1. The third-order valence-electron chi connectivity index (χ3n) is 7.65. The number of nitrogens with zero attached hydrogens (tertiary/aromatic N) is 2. The quantitative estimate of drug-likeness (QED) is 0.414. The molecule has 8 heteroatoms. The van der Waals surface area contributed by atoms with E-state index in [9.17, 15) is 14.7 Å². The summed E-state index contributed by atoms with van der Waals surface area (Å²) in [5, 5.41) is 10.6. The molecule has 38 heavy (non-hydrogen) atoms. The Balaban J connectivity index is 1.80. The van der Waals surface area contributed by atoms with Crippen LogP contribution >= 0.6 is 0 Å². The molecule has 0 aromatic heterocycles. The van der Waals surface area contributed by atoms with Crippen molar-refractivity contribution in [2.75, 3.05) is 33.5 Å². The molecule has 8 nitrogen and oxygen atoms in total. The van der Waals surface area contributed by atoms with Gasteiger partial charge in [-0.2, -0.15) is 0 Å². The molecule has 2 aliphatic rings. The molecule has 0 aliphatic carbocycles. The molecule has 2 aromatic carbocycles. The molecule has 1 saturated heterocycles. The SMILES string of the molecule is CCC[C@@H](C(=O)N(CCC)CCC)N1CC(c2ccc3c(c2)OCO3)C(C(=O)O)C1c1ccc(OC)cc1. The average Bonchev–Trinajstić information content (AvgIpc) is 3.56. The van der Waals surface area contributed by atoms with E-state index in [-0.39, 0.29) is 18.6 Å². The van der Waals surface area contributed by atoms with Crippen molar-refractivity contribution < 1.29 is 28.9 Å². The van der Waals surface area contributed by atoms with Gasteiger partial charge >= 0.3 is 5.97 Å². The van der Waals surface area contributed by atoms with E-state index < -0.39 is 24.0 Å². The molecule has 206 valence electrons. The van der Waals surface area contributed by atoms with Crippen molar-refractivity contribution in [2.45, 2.75) is 64.5 Å². The number of rotatable bonds is 12. The van der Waals surface area contributed by atoms with Gasteiger partial charge in [0.05, 0.1) is 19.1 Å². The number of amides is 1. The second kappa shape index (κ2) is 12.5. The molecule has 1 N–H and O–H groups in total. The first-order valence-electron chi connectivity index (χ1n) is 13.7. The number of aliphatic carboxylic acids is 1. The number of fused-ring (bicyclic) bond motifs is 1. The van der Waals surface area contributed by atoms with Crippen molar-refractivity contribution in [3.63, 3.8) is 0 Å². The summed E-state index contributed by atoms with van der Waals surface area (Å²) < 4.78 is 16.5. The smallest absolute Gasteiger partial charge is 0.309 e. The molecule has 4 rings (SSSR count). The van der Waals surface area contributed by atoms with E-state index in [0.29, 0.717) is 43.3 Å². The third kappa shape index (κ3) is 5.60. The fourth-order valence-electron chi connectivity index (χ4n) is 5.95. The molecule has 4 atom stereocenters. The summed E-state index contributed by atoms with van der Waals surface area (Å²) in [6, 6.07) is 12.4. The molecule has 2 aromatic rings. The fraction of sp³-hybridized carbons (Fsp3) is 0.533. The molecule has 1 amide bonds. The summed E-state index contributed by atoms with van der Waals surface area (Å²) in [5.74, 6) is 0.132. The number of likely N-dealkylation sites (tertiary alicyclic amines) is 1. The van der Waals surface area contributed by atoms with Gasteiger partial charge in [0.2, 0.25) is 12.7 Å². The minimum absolute atomic E-state index is 0.0875. The minimum Gasteiger partial charge on any atom is -0.497 e. The second-order valence-corrected chi connectivity index (χ2v) is 10.1. The van der Waals surface area contributed by atoms with Gasteiger partial charge in [-0.15, -0.1) is 0 Å². The van der Waals surface area contributed by atoms with E-state index in [1.165, 1.54) is 0 Å². The molecule has 2 aliphatic heterocycles. The lowest BCUT2D eigenvalue weighted by molar-refractivity contribution is -0.145. The topological polar surface area (TPSA) is 88.5 Å². The maximum absolute atomic E-state index is 14.0. The van der Waals surface area contributed by atoms with Crippen molar-refractivity contribution in [2.24, 2.45) is 5.92 Å². The van der Waals surface area contributed by atoms with Gasteiger partial charge in [0, 0.05) is 31.6 Å². The van der Waals surface area contributed by atoms with Gasteiger partial charge in [0.15, 0.2) is 11.5 Å². The van der Waals surface area contributed by atoms with Crippen LogP contribution < -0.4 is 14.2 Å². The minimum atomic E-state index is -0.877. The van der Waals surface area contributed by atoms with E-state index in [2.05, 4.69) is 25.7 Å². The van der Waals surface area contributed by atoms with Crippen LogP contribution in [-0.2, 0) is 9.59 Å². The Kier molecular flexibility index (Phi) is 9.15. The first-order chi connectivity index (χ1) is 18.4. The predicted molar refractivity (Wildman–Crippen MR) is 145 cm³/mol. The van der Waals surface area contributed by atoms with Gasteiger partial charge < -0.3 is 24.2 Å². The summed E-state index contributed by atoms with van der Waals surface area (Å²) in [6.45, 7) is 8.24. The Labute approximate surface area is 225 Å². The zero-order valence-electron chi connectivity index (χ0n) is 22.9. The van der Waals surface area contributed by atoms with E-state index in [0.717, 1.165) is 30.4 Å². The number of carbonyl (C=O) groups excluding carboxylic acids is 1. The Bertz CT molecular complexity index is 1100. The van der Waals surface area contributed by atoms with Gasteiger partial charge in [-0.3, -0.25) is 14.5 Å². The predicted octanol–water partition coefficient (Wildman–Crippen LogP) is 5.08. The third-order valence-corrected chi connectivity index (χ3v) is 7.65. The first-order valence-corrected chi connectivity index (χ1v) is 13.7. The van der Waals surface area contributed by atoms with Crippen LogP contribution in [0.15, 0.2) is 42.5 Å². The normalized spacial score (nSPS) is 21.3. The number of benzene rings is 2. The Morgan fingerprint density at radius 2 is 1.66 bits per heavy atom. The molecular formula is C30H40N2O6. The number of carbonyl (C=O) groups is 2. The lowest BCUT2D eigenvalue weighted by Gasteiger charge is -2.36. The van der Waals surface area contributed by atoms with Gasteiger partial charge in [-0.25, -0.2) is 0 Å². The van der Waals surface area contributed by atoms with E-state index in [1.807, 2.05) is 47.4 Å². The summed E-state index contributed by atoms with van der Waals surface area (Å²) in [7, 11) is 1.61. The van der Waals surface area contributed by atoms with Crippen LogP contribution in [0.3, 0.4) is 0 Å². The van der Waals surface area contributed by atoms with Crippen LogP contribution in [0.4, 0.5) is 0 Å². The highest BCUT2D eigenvalue weighted by Gasteiger charge is 2.51. The molecule has 0 radical (unpaired) electrons. The Morgan fingerprint density at radius 3 is 2.26 bits per heavy atom. The molecule has 0 bridgehead atoms. The zero-order valence-corrected chi connectivity index (χ0v) is 22.9. The second-order valence-electron chi connectivity index (χ2n) is 10.1. The van der Waals surface area contributed by atoms with Gasteiger partial charge in [0.25, 0.3) is 0 Å². The summed E-state index contributed by atoms with van der Waals surface area (Å²) >= 11 is 0. The molecule has 0 saturated carbocycles. The highest BCUT2D eigenvalue weighted by molar-refractivity contribution is 5.82. The summed E-state index contributed by atoms with van der Waals surface area (Å²) in [5.41, 5.74) is 1.75. The molecule has 1 fully saturated rings. The van der Waals surface area contributed by atoms with E-state index in [4.69, 9.17) is 14.2 Å². The van der Waals surface area contributed by atoms with Crippen molar-refractivity contribution in [1.29, 1.82) is 0 Å². The Morgan fingerprint density at radius 1 is 1.00 bits per heavy atom. The molecule has 0 spiro atoms. The van der Waals surface area contributed by atoms with E-state index >= 15 is 0 Å².